The first-order valence-corrected chi connectivity index (χ1v) is 12.0. The molecule has 7 rings (SSSR count). The highest BCUT2D eigenvalue weighted by Gasteiger charge is 2.67. The van der Waals surface area contributed by atoms with Gasteiger partial charge in [0.15, 0.2) is 0 Å². The van der Waals surface area contributed by atoms with Crippen molar-refractivity contribution >= 4 is 46.6 Å². The molecule has 5 nitrogen and oxygen atoms in total. The second-order valence-electron chi connectivity index (χ2n) is 9.52. The highest BCUT2D eigenvalue weighted by atomic mass is 35.5. The average Bonchev–Trinajstić information content (AvgIpc) is 3.59. The predicted molar refractivity (Wildman–Crippen MR) is 126 cm³/mol. The number of amides is 3. The Kier molecular flexibility index (Phi) is 4.89. The Morgan fingerprint density at radius 3 is 2.24 bits per heavy atom. The van der Waals surface area contributed by atoms with Crippen molar-refractivity contribution in [2.45, 2.75) is 18.9 Å². The zero-order chi connectivity index (χ0) is 22.9. The number of anilines is 1. The number of imide groups is 1. The zero-order valence-corrected chi connectivity index (χ0v) is 19.2. The SMILES string of the molecule is O=C(Nc1cc(Cl)ccc1Cl)[C@H](Cc1ccccc1)N1C(=O)[C@@H]2[C@H]3C=C[C@@H]([C@@H]4C[C@H]34)[C@H]2C1=O. The Bertz CT molecular complexity index is 1160. The summed E-state index contributed by atoms with van der Waals surface area (Å²) in [6, 6.07) is 13.3. The number of carbonyl (C=O) groups excluding carboxylic acids is 3. The molecular formula is C26H22Cl2N2O3. The van der Waals surface area contributed by atoms with Crippen molar-refractivity contribution in [2.75, 3.05) is 5.32 Å². The van der Waals surface area contributed by atoms with Crippen molar-refractivity contribution in [3.05, 3.63) is 76.3 Å². The van der Waals surface area contributed by atoms with Gasteiger partial charge in [-0.05, 0) is 53.9 Å². The number of nitrogens with one attached hydrogen (secondary N) is 1. The van der Waals surface area contributed by atoms with Crippen molar-refractivity contribution in [2.24, 2.45) is 35.5 Å². The summed E-state index contributed by atoms with van der Waals surface area (Å²) in [6.07, 6.45) is 5.59. The summed E-state index contributed by atoms with van der Waals surface area (Å²) in [4.78, 5) is 42.1. The Morgan fingerprint density at radius 2 is 1.61 bits per heavy atom. The first kappa shape index (κ1) is 20.9. The molecule has 2 bridgehead atoms. The fourth-order valence-electron chi connectivity index (χ4n) is 6.24. The van der Waals surface area contributed by atoms with Gasteiger partial charge in [-0.25, -0.2) is 0 Å². The molecule has 7 heteroatoms. The van der Waals surface area contributed by atoms with E-state index in [4.69, 9.17) is 23.2 Å². The third kappa shape index (κ3) is 3.32. The van der Waals surface area contributed by atoms with Crippen molar-refractivity contribution < 1.29 is 14.4 Å². The number of nitrogens with zero attached hydrogens (tertiary/aromatic N) is 1. The number of carbonyl (C=O) groups is 3. The van der Waals surface area contributed by atoms with Gasteiger partial charge in [0, 0.05) is 11.4 Å². The molecule has 5 aliphatic rings. The van der Waals surface area contributed by atoms with Crippen LogP contribution in [0.4, 0.5) is 5.69 Å². The molecule has 1 saturated heterocycles. The topological polar surface area (TPSA) is 66.5 Å². The number of benzene rings is 2. The van der Waals surface area contributed by atoms with Gasteiger partial charge in [0.25, 0.3) is 0 Å². The molecule has 2 aromatic rings. The Hall–Kier alpha value is -2.63. The van der Waals surface area contributed by atoms with Gasteiger partial charge in [-0.15, -0.1) is 0 Å². The summed E-state index contributed by atoms with van der Waals surface area (Å²) in [6.45, 7) is 0. The first-order chi connectivity index (χ1) is 15.9. The largest absolute Gasteiger partial charge is 0.323 e. The summed E-state index contributed by atoms with van der Waals surface area (Å²) in [5, 5.41) is 3.57. The number of halogens is 2. The minimum atomic E-state index is -0.969. The van der Waals surface area contributed by atoms with Crippen LogP contribution in [0.5, 0.6) is 0 Å². The minimum absolute atomic E-state index is 0.106. The summed E-state index contributed by atoms with van der Waals surface area (Å²) in [7, 11) is 0. The second kappa shape index (κ2) is 7.71. The first-order valence-electron chi connectivity index (χ1n) is 11.3. The van der Waals surface area contributed by atoms with E-state index in [9.17, 15) is 14.4 Å². The number of likely N-dealkylation sites (tertiary alicyclic amines) is 1. The van der Waals surface area contributed by atoms with Gasteiger partial charge in [0.05, 0.1) is 22.5 Å². The molecule has 3 amide bonds. The average molecular weight is 481 g/mol. The lowest BCUT2D eigenvalue weighted by atomic mass is 9.63. The molecular weight excluding hydrogens is 459 g/mol. The zero-order valence-electron chi connectivity index (χ0n) is 17.7. The Morgan fingerprint density at radius 1 is 0.970 bits per heavy atom. The van der Waals surface area contributed by atoms with Gasteiger partial charge in [0.2, 0.25) is 17.7 Å². The molecule has 2 aromatic carbocycles. The highest BCUT2D eigenvalue weighted by molar-refractivity contribution is 6.35. The molecule has 2 saturated carbocycles. The van der Waals surface area contributed by atoms with Crippen LogP contribution in [-0.4, -0.2) is 28.7 Å². The molecule has 3 fully saturated rings. The van der Waals surface area contributed by atoms with Crippen molar-refractivity contribution in [1.82, 2.24) is 4.90 Å². The van der Waals surface area contributed by atoms with Crippen molar-refractivity contribution in [1.29, 1.82) is 0 Å². The molecule has 1 N–H and O–H groups in total. The summed E-state index contributed by atoms with van der Waals surface area (Å²) >= 11 is 12.3. The minimum Gasteiger partial charge on any atom is -0.323 e. The van der Waals surface area contributed by atoms with E-state index >= 15 is 0 Å². The molecule has 1 heterocycles. The maximum absolute atomic E-state index is 13.7. The number of rotatable bonds is 5. The van der Waals surface area contributed by atoms with Crippen LogP contribution in [0.3, 0.4) is 0 Å². The molecule has 0 radical (unpaired) electrons. The van der Waals surface area contributed by atoms with Crippen molar-refractivity contribution in [3.63, 3.8) is 0 Å². The Balaban J connectivity index is 1.34. The summed E-state index contributed by atoms with van der Waals surface area (Å²) in [5.41, 5.74) is 1.22. The number of allylic oxidation sites excluding steroid dienone is 2. The maximum atomic E-state index is 13.7. The van der Waals surface area contributed by atoms with E-state index < -0.39 is 11.9 Å². The van der Waals surface area contributed by atoms with Crippen LogP contribution in [0.1, 0.15) is 12.0 Å². The van der Waals surface area contributed by atoms with Crippen LogP contribution in [0.2, 0.25) is 10.0 Å². The van der Waals surface area contributed by atoms with Gasteiger partial charge < -0.3 is 5.32 Å². The fourth-order valence-corrected chi connectivity index (χ4v) is 6.57. The highest BCUT2D eigenvalue weighted by Crippen LogP contribution is 2.65. The molecule has 168 valence electrons. The van der Waals surface area contributed by atoms with Crippen LogP contribution in [0.15, 0.2) is 60.7 Å². The van der Waals surface area contributed by atoms with E-state index in [1.165, 1.54) is 4.90 Å². The van der Waals surface area contributed by atoms with Gasteiger partial charge in [0.1, 0.15) is 6.04 Å². The third-order valence-electron chi connectivity index (χ3n) is 7.77. The van der Waals surface area contributed by atoms with Gasteiger partial charge >= 0.3 is 0 Å². The summed E-state index contributed by atoms with van der Waals surface area (Å²) in [5.74, 6) is -0.369. The van der Waals surface area contributed by atoms with E-state index in [0.717, 1.165) is 12.0 Å². The molecule has 33 heavy (non-hydrogen) atoms. The van der Waals surface area contributed by atoms with E-state index in [-0.39, 0.29) is 41.9 Å². The van der Waals surface area contributed by atoms with E-state index in [2.05, 4.69) is 17.5 Å². The van der Waals surface area contributed by atoms with E-state index in [1.54, 1.807) is 18.2 Å². The quantitative estimate of drug-likeness (QED) is 0.502. The number of hydrogen-bond donors (Lipinski definition) is 1. The molecule has 1 aliphatic heterocycles. The van der Waals surface area contributed by atoms with E-state index in [1.807, 2.05) is 30.3 Å². The standard InChI is InChI=1S/C26H22Cl2N2O3/c27-14-6-9-19(28)20(11-14)29-24(31)21(10-13-4-2-1-3-5-13)30-25(32)22-15-7-8-16(18-12-17(15)18)23(22)26(30)33/h1-9,11,15-18,21-23H,10,12H2,(H,29,31)/t15-,16-,17-,18+,21-,22+,23+/m0/s1. The van der Waals surface area contributed by atoms with Crippen molar-refractivity contribution in [3.8, 4) is 0 Å². The van der Waals surface area contributed by atoms with Gasteiger partial charge in [-0.3, -0.25) is 19.3 Å². The predicted octanol–water partition coefficient (Wildman–Crippen LogP) is 4.60. The number of hydrogen-bond acceptors (Lipinski definition) is 3. The van der Waals surface area contributed by atoms with Crippen LogP contribution in [0, 0.1) is 35.5 Å². The lowest BCUT2D eigenvalue weighted by molar-refractivity contribution is -0.146. The fraction of sp³-hybridized carbons (Fsp3) is 0.346. The monoisotopic (exact) mass is 480 g/mol. The van der Waals surface area contributed by atoms with Crippen LogP contribution < -0.4 is 5.32 Å². The summed E-state index contributed by atoms with van der Waals surface area (Å²) < 4.78 is 0. The smallest absolute Gasteiger partial charge is 0.248 e. The molecule has 0 unspecified atom stereocenters. The van der Waals surface area contributed by atoms with Crippen LogP contribution >= 0.6 is 23.2 Å². The lowest BCUT2D eigenvalue weighted by Gasteiger charge is -2.37. The van der Waals surface area contributed by atoms with Crippen LogP contribution in [-0.2, 0) is 20.8 Å². The third-order valence-corrected chi connectivity index (χ3v) is 8.33. The second-order valence-corrected chi connectivity index (χ2v) is 10.4. The molecule has 0 aromatic heterocycles. The molecule has 0 spiro atoms. The Labute approximate surface area is 201 Å². The van der Waals surface area contributed by atoms with Gasteiger partial charge in [-0.2, -0.15) is 0 Å². The molecule has 7 atom stereocenters. The molecule has 4 aliphatic carbocycles. The lowest BCUT2D eigenvalue weighted by Crippen LogP contribution is -2.49. The maximum Gasteiger partial charge on any atom is 0.248 e. The normalized spacial score (nSPS) is 31.9. The van der Waals surface area contributed by atoms with Crippen LogP contribution in [0.25, 0.3) is 0 Å². The van der Waals surface area contributed by atoms with E-state index in [0.29, 0.717) is 27.6 Å². The van der Waals surface area contributed by atoms with Gasteiger partial charge in [-0.1, -0.05) is 65.7 Å².